The predicted octanol–water partition coefficient (Wildman–Crippen LogP) is 0.979. The quantitative estimate of drug-likeness (QED) is 0.499. The fourth-order valence-electron chi connectivity index (χ4n) is 3.17. The minimum Gasteiger partial charge on any atom is -0.475 e. The highest BCUT2D eigenvalue weighted by Crippen LogP contribution is 2.24. The highest BCUT2D eigenvalue weighted by atomic mass is 19.4. The van der Waals surface area contributed by atoms with Gasteiger partial charge in [-0.2, -0.15) is 26.3 Å². The SMILES string of the molecule is CNC(=O)CN1CCO[C@H]2CN(Cc3ccncc3)C[C@H]21.O=C(O)C(F)(F)F.O=C(O)C(F)(F)F. The number of amides is 1. The molecule has 198 valence electrons. The Morgan fingerprint density at radius 2 is 1.57 bits per heavy atom. The van der Waals surface area contributed by atoms with E-state index < -0.39 is 24.3 Å². The zero-order valence-corrected chi connectivity index (χ0v) is 18.3. The number of pyridine rings is 1. The Kier molecular flexibility index (Phi) is 11.3. The van der Waals surface area contributed by atoms with Crippen molar-refractivity contribution < 1.29 is 55.7 Å². The summed E-state index contributed by atoms with van der Waals surface area (Å²) >= 11 is 0. The summed E-state index contributed by atoms with van der Waals surface area (Å²) in [6, 6.07) is 4.41. The second kappa shape index (κ2) is 13.2. The second-order valence-electron chi connectivity index (χ2n) is 7.28. The maximum atomic E-state index is 11.6. The number of morpholine rings is 1. The van der Waals surface area contributed by atoms with E-state index in [0.717, 1.165) is 26.2 Å². The number of hydrogen-bond acceptors (Lipinski definition) is 7. The number of carbonyl (C=O) groups is 3. The summed E-state index contributed by atoms with van der Waals surface area (Å²) in [5.41, 5.74) is 1.27. The van der Waals surface area contributed by atoms with Crippen molar-refractivity contribution in [1.29, 1.82) is 0 Å². The number of likely N-dealkylation sites (tertiary alicyclic amines) is 1. The summed E-state index contributed by atoms with van der Waals surface area (Å²) in [6.07, 6.45) is -6.30. The van der Waals surface area contributed by atoms with Crippen LogP contribution in [0.2, 0.25) is 0 Å². The van der Waals surface area contributed by atoms with Crippen LogP contribution in [0.3, 0.4) is 0 Å². The lowest BCUT2D eigenvalue weighted by Gasteiger charge is -2.36. The van der Waals surface area contributed by atoms with Crippen molar-refractivity contribution in [2.75, 3.05) is 39.8 Å². The van der Waals surface area contributed by atoms with Gasteiger partial charge in [-0.1, -0.05) is 0 Å². The number of hydrogen-bond donors (Lipinski definition) is 3. The summed E-state index contributed by atoms with van der Waals surface area (Å²) in [6.45, 7) is 4.79. The molecule has 1 aromatic rings. The molecule has 0 saturated carbocycles. The van der Waals surface area contributed by atoms with E-state index in [9.17, 15) is 31.1 Å². The van der Waals surface area contributed by atoms with Crippen LogP contribution in [-0.2, 0) is 25.7 Å². The molecule has 16 heteroatoms. The van der Waals surface area contributed by atoms with Gasteiger partial charge in [0.1, 0.15) is 0 Å². The number of carbonyl (C=O) groups excluding carboxylic acids is 1. The van der Waals surface area contributed by atoms with E-state index in [1.165, 1.54) is 5.56 Å². The Labute approximate surface area is 195 Å². The van der Waals surface area contributed by atoms with E-state index in [-0.39, 0.29) is 12.0 Å². The molecule has 1 amide bonds. The molecule has 35 heavy (non-hydrogen) atoms. The van der Waals surface area contributed by atoms with Crippen LogP contribution in [0.5, 0.6) is 0 Å². The topological polar surface area (TPSA) is 132 Å². The van der Waals surface area contributed by atoms with Crippen molar-refractivity contribution in [3.05, 3.63) is 30.1 Å². The van der Waals surface area contributed by atoms with Crippen LogP contribution in [0.25, 0.3) is 0 Å². The summed E-state index contributed by atoms with van der Waals surface area (Å²) in [7, 11) is 1.69. The van der Waals surface area contributed by atoms with Crippen LogP contribution in [0, 0.1) is 0 Å². The van der Waals surface area contributed by atoms with E-state index >= 15 is 0 Å². The molecule has 3 heterocycles. The number of fused-ring (bicyclic) bond motifs is 1. The molecule has 0 bridgehead atoms. The maximum Gasteiger partial charge on any atom is 0.490 e. The largest absolute Gasteiger partial charge is 0.490 e. The average molecular weight is 518 g/mol. The Morgan fingerprint density at radius 1 is 1.06 bits per heavy atom. The molecule has 10 nitrogen and oxygen atoms in total. The van der Waals surface area contributed by atoms with E-state index in [2.05, 4.69) is 20.1 Å². The molecular formula is C19H24F6N4O6. The van der Waals surface area contributed by atoms with E-state index in [4.69, 9.17) is 24.5 Å². The van der Waals surface area contributed by atoms with Gasteiger partial charge in [0.2, 0.25) is 5.91 Å². The summed E-state index contributed by atoms with van der Waals surface area (Å²) in [5, 5.41) is 17.0. The molecule has 2 aliphatic rings. The molecule has 0 radical (unpaired) electrons. The molecular weight excluding hydrogens is 494 g/mol. The number of alkyl halides is 6. The summed E-state index contributed by atoms with van der Waals surface area (Å²) < 4.78 is 69.4. The number of rotatable bonds is 4. The van der Waals surface area contributed by atoms with Crippen LogP contribution >= 0.6 is 0 Å². The third kappa shape index (κ3) is 10.9. The first-order valence-corrected chi connectivity index (χ1v) is 9.92. The van der Waals surface area contributed by atoms with E-state index in [1.54, 1.807) is 7.05 Å². The third-order valence-electron chi connectivity index (χ3n) is 4.76. The number of nitrogens with one attached hydrogen (secondary N) is 1. The smallest absolute Gasteiger partial charge is 0.475 e. The fourth-order valence-corrected chi connectivity index (χ4v) is 3.17. The number of halogens is 6. The molecule has 0 aliphatic carbocycles. The van der Waals surface area contributed by atoms with Gasteiger partial charge >= 0.3 is 24.3 Å². The Balaban J connectivity index is 0.000000362. The zero-order valence-electron chi connectivity index (χ0n) is 18.3. The summed E-state index contributed by atoms with van der Waals surface area (Å²) in [5.74, 6) is -5.44. The van der Waals surface area contributed by atoms with Gasteiger partial charge in [0.15, 0.2) is 0 Å². The molecule has 1 aromatic heterocycles. The Bertz CT molecular complexity index is 815. The molecule has 2 aliphatic heterocycles. The number of carboxylic acid groups (broad SMARTS) is 2. The number of aromatic nitrogens is 1. The standard InChI is InChI=1S/C15H22N4O2.2C2HF3O2/c1-16-15(20)11-19-6-7-21-14-10-18(9-13(14)19)8-12-2-4-17-5-3-12;2*3-2(4,5)1(6)7/h2-5,13-14H,6-11H2,1H3,(H,16,20);2*(H,6,7)/t13-,14+;;/m1../s1. The Morgan fingerprint density at radius 3 is 2.03 bits per heavy atom. The molecule has 0 aromatic carbocycles. The molecule has 2 atom stereocenters. The van der Waals surface area contributed by atoms with Gasteiger partial charge in [0.25, 0.3) is 0 Å². The molecule has 2 fully saturated rings. The normalized spacial score (nSPS) is 20.4. The third-order valence-corrected chi connectivity index (χ3v) is 4.76. The van der Waals surface area contributed by atoms with Gasteiger partial charge in [-0.15, -0.1) is 0 Å². The first-order valence-electron chi connectivity index (χ1n) is 9.92. The number of ether oxygens (including phenoxy) is 1. The lowest BCUT2D eigenvalue weighted by atomic mass is 10.1. The maximum absolute atomic E-state index is 11.6. The lowest BCUT2D eigenvalue weighted by Crippen LogP contribution is -2.53. The first kappa shape index (κ1) is 30.1. The predicted molar refractivity (Wildman–Crippen MR) is 106 cm³/mol. The minimum atomic E-state index is -5.08. The van der Waals surface area contributed by atoms with Gasteiger partial charge in [-0.3, -0.25) is 19.6 Å². The number of aliphatic carboxylic acids is 2. The van der Waals surface area contributed by atoms with Crippen molar-refractivity contribution in [3.8, 4) is 0 Å². The van der Waals surface area contributed by atoms with Crippen LogP contribution in [-0.4, -0.2) is 107 Å². The zero-order chi connectivity index (χ0) is 26.8. The molecule has 0 unspecified atom stereocenters. The summed E-state index contributed by atoms with van der Waals surface area (Å²) in [4.78, 5) is 38.1. The van der Waals surface area contributed by atoms with Gasteiger partial charge in [-0.25, -0.2) is 9.59 Å². The highest BCUT2D eigenvalue weighted by Gasteiger charge is 2.40. The molecule has 3 N–H and O–H groups in total. The van der Waals surface area contributed by atoms with Crippen LogP contribution in [0.1, 0.15) is 5.56 Å². The monoisotopic (exact) mass is 518 g/mol. The minimum absolute atomic E-state index is 0.0724. The van der Waals surface area contributed by atoms with Crippen LogP contribution < -0.4 is 5.32 Å². The Hall–Kier alpha value is -2.98. The van der Waals surface area contributed by atoms with Gasteiger partial charge in [0.05, 0.1) is 25.3 Å². The van der Waals surface area contributed by atoms with E-state index in [0.29, 0.717) is 19.2 Å². The molecule has 2 saturated heterocycles. The fraction of sp³-hybridized carbons (Fsp3) is 0.579. The lowest BCUT2D eigenvalue weighted by molar-refractivity contribution is -0.193. The molecule has 0 spiro atoms. The highest BCUT2D eigenvalue weighted by molar-refractivity contribution is 5.77. The van der Waals surface area contributed by atoms with Gasteiger partial charge < -0.3 is 20.3 Å². The van der Waals surface area contributed by atoms with Crippen LogP contribution in [0.15, 0.2) is 24.5 Å². The number of likely N-dealkylation sites (N-methyl/N-ethyl adjacent to an activating group) is 1. The number of carboxylic acids is 2. The van der Waals surface area contributed by atoms with Gasteiger partial charge in [0, 0.05) is 45.6 Å². The van der Waals surface area contributed by atoms with Crippen LogP contribution in [0.4, 0.5) is 26.3 Å². The van der Waals surface area contributed by atoms with Crippen molar-refractivity contribution in [1.82, 2.24) is 20.1 Å². The molecule has 3 rings (SSSR count). The first-order chi connectivity index (χ1) is 16.1. The second-order valence-corrected chi connectivity index (χ2v) is 7.28. The van der Waals surface area contributed by atoms with Crippen molar-refractivity contribution >= 4 is 17.8 Å². The van der Waals surface area contributed by atoms with E-state index in [1.807, 2.05) is 24.5 Å². The van der Waals surface area contributed by atoms with Crippen molar-refractivity contribution in [2.45, 2.75) is 31.0 Å². The number of nitrogens with zero attached hydrogens (tertiary/aromatic N) is 3. The van der Waals surface area contributed by atoms with Crippen molar-refractivity contribution in [2.24, 2.45) is 0 Å². The van der Waals surface area contributed by atoms with Crippen molar-refractivity contribution in [3.63, 3.8) is 0 Å². The van der Waals surface area contributed by atoms with Gasteiger partial charge in [-0.05, 0) is 17.7 Å². The average Bonchev–Trinajstić information content (AvgIpc) is 3.17.